The first-order valence-corrected chi connectivity index (χ1v) is 7.58. The van der Waals surface area contributed by atoms with Gasteiger partial charge in [0.15, 0.2) is 0 Å². The monoisotopic (exact) mass is 289 g/mol. The summed E-state index contributed by atoms with van der Waals surface area (Å²) in [6.45, 7) is 1.98. The quantitative estimate of drug-likeness (QED) is 0.859. The van der Waals surface area contributed by atoms with E-state index in [2.05, 4.69) is 11.4 Å². The number of aliphatic hydroxyl groups is 1. The third kappa shape index (κ3) is 4.47. The smallest absolute Gasteiger partial charge is 0.223 e. The van der Waals surface area contributed by atoms with Crippen LogP contribution in [0.25, 0.3) is 0 Å². The molecule has 1 heterocycles. The number of nitrogens with one attached hydrogen (secondary N) is 1. The Bertz CT molecular complexity index is 525. The normalized spacial score (nSPS) is 13.7. The fraction of sp³-hybridized carbons (Fsp3) is 0.312. The number of hydrogen-bond acceptors (Lipinski definition) is 3. The molecule has 1 amide bonds. The highest BCUT2D eigenvalue weighted by molar-refractivity contribution is 7.09. The minimum Gasteiger partial charge on any atom is -0.388 e. The lowest BCUT2D eigenvalue weighted by Gasteiger charge is -2.15. The van der Waals surface area contributed by atoms with Crippen LogP contribution in [0.1, 0.15) is 29.9 Å². The Labute approximate surface area is 123 Å². The van der Waals surface area contributed by atoms with Gasteiger partial charge in [-0.2, -0.15) is 0 Å². The van der Waals surface area contributed by atoms with Gasteiger partial charge in [-0.15, -0.1) is 11.3 Å². The van der Waals surface area contributed by atoms with Gasteiger partial charge >= 0.3 is 0 Å². The van der Waals surface area contributed by atoms with E-state index in [9.17, 15) is 9.90 Å². The lowest BCUT2D eigenvalue weighted by molar-refractivity contribution is -0.123. The maximum absolute atomic E-state index is 11.9. The number of benzene rings is 1. The van der Waals surface area contributed by atoms with Crippen LogP contribution in [0, 0.1) is 0 Å². The Morgan fingerprint density at radius 3 is 2.65 bits per heavy atom. The number of rotatable bonds is 6. The van der Waals surface area contributed by atoms with Gasteiger partial charge in [0.2, 0.25) is 5.91 Å². The van der Waals surface area contributed by atoms with Crippen molar-refractivity contribution in [2.75, 3.05) is 0 Å². The minimum absolute atomic E-state index is 0.0733. The van der Waals surface area contributed by atoms with Crippen molar-refractivity contribution in [3.63, 3.8) is 0 Å². The van der Waals surface area contributed by atoms with E-state index in [4.69, 9.17) is 0 Å². The Hall–Kier alpha value is -1.65. The number of aliphatic hydroxyl groups excluding tert-OH is 1. The molecule has 0 bridgehead atoms. The third-order valence-electron chi connectivity index (χ3n) is 3.06. The van der Waals surface area contributed by atoms with Gasteiger partial charge in [-0.3, -0.25) is 4.79 Å². The van der Waals surface area contributed by atoms with E-state index >= 15 is 0 Å². The van der Waals surface area contributed by atoms with Crippen LogP contribution >= 0.6 is 11.3 Å². The predicted octanol–water partition coefficient (Wildman–Crippen LogP) is 2.92. The molecule has 2 unspecified atom stereocenters. The van der Waals surface area contributed by atoms with Gasteiger partial charge in [0.25, 0.3) is 0 Å². The summed E-state index contributed by atoms with van der Waals surface area (Å²) >= 11 is 1.69. The second kappa shape index (κ2) is 7.22. The predicted molar refractivity (Wildman–Crippen MR) is 81.6 cm³/mol. The third-order valence-corrected chi connectivity index (χ3v) is 3.96. The largest absolute Gasteiger partial charge is 0.388 e. The number of thiophene rings is 1. The van der Waals surface area contributed by atoms with E-state index in [1.54, 1.807) is 11.3 Å². The molecule has 20 heavy (non-hydrogen) atoms. The van der Waals surface area contributed by atoms with Crippen molar-refractivity contribution in [1.29, 1.82) is 0 Å². The average molecular weight is 289 g/mol. The van der Waals surface area contributed by atoms with Crippen molar-refractivity contribution < 1.29 is 9.90 Å². The van der Waals surface area contributed by atoms with Gasteiger partial charge < -0.3 is 10.4 Å². The van der Waals surface area contributed by atoms with Crippen LogP contribution in [0.2, 0.25) is 0 Å². The topological polar surface area (TPSA) is 49.3 Å². The molecule has 1 aromatic heterocycles. The molecule has 0 radical (unpaired) electrons. The van der Waals surface area contributed by atoms with Crippen LogP contribution in [-0.4, -0.2) is 17.1 Å². The molecule has 0 aliphatic carbocycles. The first kappa shape index (κ1) is 14.8. The summed E-state index contributed by atoms with van der Waals surface area (Å²) in [5.41, 5.74) is 0.772. The van der Waals surface area contributed by atoms with Crippen molar-refractivity contribution in [3.05, 3.63) is 58.3 Å². The highest BCUT2D eigenvalue weighted by Crippen LogP contribution is 2.16. The van der Waals surface area contributed by atoms with Gasteiger partial charge in [0.05, 0.1) is 12.5 Å². The number of hydrogen-bond donors (Lipinski definition) is 2. The molecule has 4 heteroatoms. The van der Waals surface area contributed by atoms with Crippen molar-refractivity contribution in [1.82, 2.24) is 5.32 Å². The lowest BCUT2D eigenvalue weighted by atomic mass is 10.1. The molecule has 2 rings (SSSR count). The number of carbonyl (C=O) groups excluding carboxylic acids is 1. The summed E-state index contributed by atoms with van der Waals surface area (Å²) < 4.78 is 0. The molecule has 0 spiro atoms. The van der Waals surface area contributed by atoms with Crippen LogP contribution in [0.3, 0.4) is 0 Å². The summed E-state index contributed by atoms with van der Waals surface area (Å²) in [7, 11) is 0. The Kier molecular flexibility index (Phi) is 5.32. The second-order valence-corrected chi connectivity index (χ2v) is 5.91. The van der Waals surface area contributed by atoms with Crippen molar-refractivity contribution in [3.8, 4) is 0 Å². The highest BCUT2D eigenvalue weighted by Gasteiger charge is 2.14. The first-order chi connectivity index (χ1) is 9.65. The number of carbonyl (C=O) groups is 1. The molecule has 1 aromatic carbocycles. The second-order valence-electron chi connectivity index (χ2n) is 4.88. The van der Waals surface area contributed by atoms with Crippen LogP contribution in [0.5, 0.6) is 0 Å². The Balaban J connectivity index is 1.80. The molecule has 2 atom stereocenters. The van der Waals surface area contributed by atoms with Gasteiger partial charge in [-0.05, 0) is 23.9 Å². The Morgan fingerprint density at radius 1 is 1.25 bits per heavy atom. The van der Waals surface area contributed by atoms with Gasteiger partial charge in [0, 0.05) is 17.3 Å². The van der Waals surface area contributed by atoms with Gasteiger partial charge in [-0.1, -0.05) is 36.4 Å². The van der Waals surface area contributed by atoms with Crippen LogP contribution in [-0.2, 0) is 11.2 Å². The summed E-state index contributed by atoms with van der Waals surface area (Å²) in [6.07, 6.45) is 0.175. The average Bonchev–Trinajstić information content (AvgIpc) is 2.92. The van der Waals surface area contributed by atoms with Gasteiger partial charge in [0.1, 0.15) is 0 Å². The molecular formula is C16H19NO2S. The zero-order valence-corrected chi connectivity index (χ0v) is 12.3. The molecule has 3 nitrogen and oxygen atoms in total. The molecule has 2 aromatic rings. The molecule has 2 N–H and O–H groups in total. The van der Waals surface area contributed by atoms with Crippen LogP contribution in [0.15, 0.2) is 47.8 Å². The van der Waals surface area contributed by atoms with Crippen LogP contribution < -0.4 is 5.32 Å². The summed E-state index contributed by atoms with van der Waals surface area (Å²) in [5.74, 6) is -0.120. The maximum atomic E-state index is 11.9. The van der Waals surface area contributed by atoms with Crippen molar-refractivity contribution in [2.45, 2.75) is 31.9 Å². The zero-order valence-electron chi connectivity index (χ0n) is 11.5. The summed E-state index contributed by atoms with van der Waals surface area (Å²) in [5, 5.41) is 15.0. The van der Waals surface area contributed by atoms with E-state index in [-0.39, 0.29) is 18.4 Å². The zero-order chi connectivity index (χ0) is 14.4. The Morgan fingerprint density at radius 2 is 2.00 bits per heavy atom. The van der Waals surface area contributed by atoms with E-state index in [1.807, 2.05) is 48.7 Å². The van der Waals surface area contributed by atoms with Crippen molar-refractivity contribution in [2.24, 2.45) is 0 Å². The molecule has 106 valence electrons. The lowest BCUT2D eigenvalue weighted by Crippen LogP contribution is -2.34. The number of amides is 1. The molecule has 0 saturated carbocycles. The standard InChI is InChI=1S/C16H19NO2S/c1-12(10-14-8-5-9-20-14)17-16(19)11-15(18)13-6-3-2-4-7-13/h2-9,12,15,18H,10-11H2,1H3,(H,17,19). The fourth-order valence-electron chi connectivity index (χ4n) is 2.08. The van der Waals surface area contributed by atoms with Crippen molar-refractivity contribution >= 4 is 17.2 Å². The summed E-state index contributed by atoms with van der Waals surface area (Å²) in [6, 6.07) is 13.4. The van der Waals surface area contributed by atoms with E-state index in [0.29, 0.717) is 0 Å². The minimum atomic E-state index is -0.745. The first-order valence-electron chi connectivity index (χ1n) is 6.70. The molecular weight excluding hydrogens is 270 g/mol. The molecule has 0 aliphatic rings. The maximum Gasteiger partial charge on any atom is 0.223 e. The fourth-order valence-corrected chi connectivity index (χ4v) is 2.92. The van der Waals surface area contributed by atoms with E-state index in [1.165, 1.54) is 4.88 Å². The molecule has 0 aliphatic heterocycles. The van der Waals surface area contributed by atoms with E-state index < -0.39 is 6.10 Å². The molecule has 0 saturated heterocycles. The van der Waals surface area contributed by atoms with Gasteiger partial charge in [-0.25, -0.2) is 0 Å². The summed E-state index contributed by atoms with van der Waals surface area (Å²) in [4.78, 5) is 13.1. The van der Waals surface area contributed by atoms with Crippen LogP contribution in [0.4, 0.5) is 0 Å². The highest BCUT2D eigenvalue weighted by atomic mass is 32.1. The SMILES string of the molecule is CC(Cc1cccs1)NC(=O)CC(O)c1ccccc1. The molecule has 0 fully saturated rings. The van der Waals surface area contributed by atoms with E-state index in [0.717, 1.165) is 12.0 Å².